The normalized spacial score (nSPS) is 23.2. The number of fused-ring (bicyclic) bond motifs is 1. The van der Waals surface area contributed by atoms with Gasteiger partial charge in [0.25, 0.3) is 5.91 Å². The topological polar surface area (TPSA) is 72.1 Å². The van der Waals surface area contributed by atoms with Crippen molar-refractivity contribution in [1.29, 1.82) is 0 Å². The Kier molecular flexibility index (Phi) is 3.33. The van der Waals surface area contributed by atoms with Crippen LogP contribution in [0.2, 0.25) is 0 Å². The van der Waals surface area contributed by atoms with Gasteiger partial charge in [-0.15, -0.1) is 16.4 Å². The molecular weight excluding hydrogens is 272 g/mol. The van der Waals surface area contributed by atoms with Gasteiger partial charge in [-0.3, -0.25) is 4.79 Å². The number of hydrogen-bond acceptors (Lipinski definition) is 5. The lowest BCUT2D eigenvalue weighted by atomic mass is 9.95. The summed E-state index contributed by atoms with van der Waals surface area (Å²) < 4.78 is 0. The number of rotatable bonds is 1. The molecule has 1 aliphatic heterocycles. The Morgan fingerprint density at radius 2 is 2.25 bits per heavy atom. The predicted octanol–water partition coefficient (Wildman–Crippen LogP) is 2.53. The molecule has 5 nitrogen and oxygen atoms in total. The molecule has 2 atom stereocenters. The van der Waals surface area contributed by atoms with Gasteiger partial charge < -0.3 is 10.6 Å². The van der Waals surface area contributed by atoms with E-state index >= 15 is 0 Å². The predicted molar refractivity (Wildman–Crippen MR) is 80.7 cm³/mol. The fourth-order valence-electron chi connectivity index (χ4n) is 2.73. The van der Waals surface area contributed by atoms with E-state index in [2.05, 4.69) is 24.0 Å². The van der Waals surface area contributed by atoms with Crippen LogP contribution in [0.5, 0.6) is 0 Å². The number of nitrogen functional groups attached to an aromatic ring is 1. The zero-order valence-electron chi connectivity index (χ0n) is 11.7. The van der Waals surface area contributed by atoms with Crippen molar-refractivity contribution in [2.75, 3.05) is 12.3 Å². The summed E-state index contributed by atoms with van der Waals surface area (Å²) in [5.74, 6) is 0.579. The first-order valence-electron chi connectivity index (χ1n) is 6.88. The third-order valence-electron chi connectivity index (χ3n) is 3.99. The lowest BCUT2D eigenvalue weighted by Gasteiger charge is -2.36. The van der Waals surface area contributed by atoms with E-state index in [1.165, 1.54) is 17.8 Å². The number of amides is 1. The van der Waals surface area contributed by atoms with Crippen LogP contribution < -0.4 is 5.73 Å². The molecule has 1 aliphatic rings. The summed E-state index contributed by atoms with van der Waals surface area (Å²) >= 11 is 1.34. The largest absolute Gasteiger partial charge is 0.397 e. The monoisotopic (exact) mass is 290 g/mol. The van der Waals surface area contributed by atoms with Crippen LogP contribution in [0, 0.1) is 5.92 Å². The average molecular weight is 290 g/mol. The maximum absolute atomic E-state index is 12.8. The molecule has 2 aromatic rings. The van der Waals surface area contributed by atoms with Gasteiger partial charge in [-0.1, -0.05) is 6.92 Å². The molecule has 0 bridgehead atoms. The highest BCUT2D eigenvalue weighted by Crippen LogP contribution is 2.34. The summed E-state index contributed by atoms with van der Waals surface area (Å²) in [6, 6.07) is 2.09. The molecule has 20 heavy (non-hydrogen) atoms. The molecule has 1 amide bonds. The van der Waals surface area contributed by atoms with Crippen molar-refractivity contribution in [2.45, 2.75) is 32.7 Å². The highest BCUT2D eigenvalue weighted by molar-refractivity contribution is 7.21. The van der Waals surface area contributed by atoms with E-state index in [0.717, 1.165) is 23.2 Å². The molecule has 2 unspecified atom stereocenters. The number of thiophene rings is 1. The van der Waals surface area contributed by atoms with E-state index in [-0.39, 0.29) is 11.9 Å². The Balaban J connectivity index is 1.97. The maximum Gasteiger partial charge on any atom is 0.266 e. The summed E-state index contributed by atoms with van der Waals surface area (Å²) in [6.45, 7) is 5.10. The minimum atomic E-state index is 0.0320. The van der Waals surface area contributed by atoms with Crippen LogP contribution in [0.1, 0.15) is 36.4 Å². The Labute approximate surface area is 121 Å². The molecular formula is C14H18N4OS. The first kappa shape index (κ1) is 13.3. The van der Waals surface area contributed by atoms with Gasteiger partial charge in [0.15, 0.2) is 0 Å². The Hall–Kier alpha value is -1.69. The van der Waals surface area contributed by atoms with Crippen molar-refractivity contribution in [1.82, 2.24) is 15.1 Å². The molecule has 1 saturated heterocycles. The van der Waals surface area contributed by atoms with E-state index in [0.29, 0.717) is 16.5 Å². The second-order valence-corrected chi connectivity index (χ2v) is 6.58. The molecule has 1 fully saturated rings. The number of aromatic nitrogens is 2. The Morgan fingerprint density at radius 1 is 1.45 bits per heavy atom. The van der Waals surface area contributed by atoms with E-state index in [4.69, 9.17) is 5.73 Å². The number of nitrogens with zero attached hydrogens (tertiary/aromatic N) is 3. The number of nitrogens with two attached hydrogens (primary N) is 1. The van der Waals surface area contributed by atoms with E-state index in [1.54, 1.807) is 6.20 Å². The van der Waals surface area contributed by atoms with Crippen LogP contribution in [0.15, 0.2) is 12.3 Å². The molecule has 106 valence electrons. The van der Waals surface area contributed by atoms with Crippen molar-refractivity contribution < 1.29 is 4.79 Å². The molecule has 0 aromatic carbocycles. The average Bonchev–Trinajstić information content (AvgIpc) is 2.79. The Bertz CT molecular complexity index is 654. The summed E-state index contributed by atoms with van der Waals surface area (Å²) in [4.78, 5) is 16.0. The molecule has 2 aromatic heterocycles. The summed E-state index contributed by atoms with van der Waals surface area (Å²) in [7, 11) is 0. The number of piperidine rings is 1. The third-order valence-corrected chi connectivity index (χ3v) is 5.09. The van der Waals surface area contributed by atoms with Gasteiger partial charge in [0, 0.05) is 18.0 Å². The number of carbonyl (C=O) groups is 1. The summed E-state index contributed by atoms with van der Waals surface area (Å²) in [5, 5.41) is 8.71. The van der Waals surface area contributed by atoms with Crippen molar-refractivity contribution in [3.05, 3.63) is 17.1 Å². The molecule has 0 radical (unpaired) electrons. The fraction of sp³-hybridized carbons (Fsp3) is 0.500. The van der Waals surface area contributed by atoms with Gasteiger partial charge in [0.1, 0.15) is 9.71 Å². The summed E-state index contributed by atoms with van der Waals surface area (Å²) in [5.41, 5.74) is 6.66. The number of likely N-dealkylation sites (tertiary alicyclic amines) is 1. The number of carbonyl (C=O) groups excluding carboxylic acids is 1. The van der Waals surface area contributed by atoms with Gasteiger partial charge in [-0.05, 0) is 31.7 Å². The third kappa shape index (κ3) is 2.14. The molecule has 3 rings (SSSR count). The first-order chi connectivity index (χ1) is 9.58. The van der Waals surface area contributed by atoms with Gasteiger partial charge >= 0.3 is 0 Å². The fourth-order valence-corrected chi connectivity index (χ4v) is 3.73. The van der Waals surface area contributed by atoms with Gasteiger partial charge in [-0.2, -0.15) is 5.10 Å². The molecule has 0 spiro atoms. The van der Waals surface area contributed by atoms with Gasteiger partial charge in [0.2, 0.25) is 0 Å². The zero-order chi connectivity index (χ0) is 14.3. The molecule has 0 saturated carbocycles. The highest BCUT2D eigenvalue weighted by atomic mass is 32.1. The van der Waals surface area contributed by atoms with Gasteiger partial charge in [-0.25, -0.2) is 0 Å². The minimum Gasteiger partial charge on any atom is -0.397 e. The standard InChI is InChI=1S/C14H18N4OS/c1-8-3-4-9(2)18(7-8)14(19)12-11(15)10-5-6-16-17-13(10)20-12/h5-6,8-9H,3-4,7,15H2,1-2H3. The van der Waals surface area contributed by atoms with Crippen LogP contribution in [0.25, 0.3) is 10.2 Å². The van der Waals surface area contributed by atoms with Crippen LogP contribution in [-0.2, 0) is 0 Å². The zero-order valence-corrected chi connectivity index (χ0v) is 12.5. The van der Waals surface area contributed by atoms with Crippen molar-refractivity contribution in [2.24, 2.45) is 5.92 Å². The Morgan fingerprint density at radius 3 is 3.00 bits per heavy atom. The van der Waals surface area contributed by atoms with Crippen molar-refractivity contribution >= 4 is 33.1 Å². The number of hydrogen-bond donors (Lipinski definition) is 1. The molecule has 3 heterocycles. The van der Waals surface area contributed by atoms with Crippen LogP contribution in [0.3, 0.4) is 0 Å². The second kappa shape index (κ2) is 5.01. The highest BCUT2D eigenvalue weighted by Gasteiger charge is 2.30. The quantitative estimate of drug-likeness (QED) is 0.876. The molecule has 0 aliphatic carbocycles. The van der Waals surface area contributed by atoms with Crippen LogP contribution >= 0.6 is 11.3 Å². The van der Waals surface area contributed by atoms with Crippen LogP contribution in [-0.4, -0.2) is 33.6 Å². The van der Waals surface area contributed by atoms with Crippen molar-refractivity contribution in [3.63, 3.8) is 0 Å². The smallest absolute Gasteiger partial charge is 0.266 e. The van der Waals surface area contributed by atoms with E-state index in [9.17, 15) is 4.79 Å². The lowest BCUT2D eigenvalue weighted by Crippen LogP contribution is -2.44. The lowest BCUT2D eigenvalue weighted by molar-refractivity contribution is 0.0580. The SMILES string of the molecule is CC1CCC(C)N(C(=O)c2sc3nnccc3c2N)C1. The van der Waals surface area contributed by atoms with E-state index < -0.39 is 0 Å². The van der Waals surface area contributed by atoms with E-state index in [1.807, 2.05) is 11.0 Å². The van der Waals surface area contributed by atoms with Crippen molar-refractivity contribution in [3.8, 4) is 0 Å². The number of anilines is 1. The molecule has 2 N–H and O–H groups in total. The maximum atomic E-state index is 12.8. The minimum absolute atomic E-state index is 0.0320. The summed E-state index contributed by atoms with van der Waals surface area (Å²) in [6.07, 6.45) is 3.83. The first-order valence-corrected chi connectivity index (χ1v) is 7.70. The van der Waals surface area contributed by atoms with Gasteiger partial charge in [0.05, 0.1) is 11.9 Å². The molecule has 6 heteroatoms. The van der Waals surface area contributed by atoms with Crippen LogP contribution in [0.4, 0.5) is 5.69 Å². The second-order valence-electron chi connectivity index (χ2n) is 5.58.